The van der Waals surface area contributed by atoms with Crippen LogP contribution in [0, 0.1) is 6.54 Å². The standard InChI is InChI=1S/C22H46N/c1-4-5-6-7-8-9-10-11-12-13-14-15-16-17-18-19-20-21-22-23(2)3/h22H,4-21H2,1-3H3. The Morgan fingerprint density at radius 3 is 1.09 bits per heavy atom. The molecule has 1 nitrogen and oxygen atoms in total. The molecule has 0 rings (SSSR count). The Kier molecular flexibility index (Phi) is 20.0. The Hall–Kier alpha value is -0.0400. The maximum atomic E-state index is 2.30. The van der Waals surface area contributed by atoms with Crippen LogP contribution >= 0.6 is 0 Å². The average Bonchev–Trinajstić information content (AvgIpc) is 2.53. The molecule has 0 aliphatic rings. The van der Waals surface area contributed by atoms with Crippen molar-refractivity contribution in [1.82, 2.24) is 4.90 Å². The molecule has 23 heavy (non-hydrogen) atoms. The predicted octanol–water partition coefficient (Wildman–Crippen LogP) is 7.75. The molecule has 1 radical (unpaired) electrons. The second-order valence-corrected chi connectivity index (χ2v) is 7.59. The van der Waals surface area contributed by atoms with Gasteiger partial charge in [-0.2, -0.15) is 0 Å². The third-order valence-corrected chi connectivity index (χ3v) is 4.80. The van der Waals surface area contributed by atoms with Crippen molar-refractivity contribution in [3.8, 4) is 0 Å². The van der Waals surface area contributed by atoms with Gasteiger partial charge in [0.15, 0.2) is 0 Å². The Bertz CT molecular complexity index is 200. The molecule has 0 aliphatic heterocycles. The summed E-state index contributed by atoms with van der Waals surface area (Å²) in [6.07, 6.45) is 26.0. The topological polar surface area (TPSA) is 3.24 Å². The van der Waals surface area contributed by atoms with Crippen LogP contribution in [0.2, 0.25) is 0 Å². The van der Waals surface area contributed by atoms with Crippen LogP contribution in [0.4, 0.5) is 0 Å². The number of nitrogens with zero attached hydrogens (tertiary/aromatic N) is 1. The molecule has 0 aromatic heterocycles. The first kappa shape index (κ1) is 23.0. The molecule has 0 aromatic rings. The third-order valence-electron chi connectivity index (χ3n) is 4.80. The van der Waals surface area contributed by atoms with Gasteiger partial charge >= 0.3 is 0 Å². The molecule has 0 aliphatic carbocycles. The van der Waals surface area contributed by atoms with Gasteiger partial charge < -0.3 is 4.90 Å². The van der Waals surface area contributed by atoms with E-state index in [2.05, 4.69) is 32.5 Å². The van der Waals surface area contributed by atoms with E-state index in [4.69, 9.17) is 0 Å². The lowest BCUT2D eigenvalue weighted by atomic mass is 10.0. The minimum atomic E-state index is 1.26. The second-order valence-electron chi connectivity index (χ2n) is 7.59. The zero-order valence-electron chi connectivity index (χ0n) is 16.8. The van der Waals surface area contributed by atoms with Gasteiger partial charge in [-0.15, -0.1) is 0 Å². The fourth-order valence-corrected chi connectivity index (χ4v) is 3.22. The number of hydrogen-bond acceptors (Lipinski definition) is 1. The molecule has 139 valence electrons. The highest BCUT2D eigenvalue weighted by Crippen LogP contribution is 2.14. The molecule has 0 aromatic carbocycles. The first-order valence-corrected chi connectivity index (χ1v) is 10.8. The molecule has 0 heterocycles. The minimum Gasteiger partial charge on any atom is -0.305 e. The zero-order valence-corrected chi connectivity index (χ0v) is 16.8. The lowest BCUT2D eigenvalue weighted by Crippen LogP contribution is -2.06. The van der Waals surface area contributed by atoms with Gasteiger partial charge in [0.05, 0.1) is 0 Å². The van der Waals surface area contributed by atoms with Gasteiger partial charge in [-0.25, -0.2) is 0 Å². The summed E-state index contributed by atoms with van der Waals surface area (Å²) in [5.74, 6) is 0. The Balaban J connectivity index is 2.95. The van der Waals surface area contributed by atoms with Crippen molar-refractivity contribution in [2.75, 3.05) is 14.1 Å². The normalized spacial score (nSPS) is 11.5. The van der Waals surface area contributed by atoms with Gasteiger partial charge in [-0.05, 0) is 20.5 Å². The average molecular weight is 325 g/mol. The lowest BCUT2D eigenvalue weighted by molar-refractivity contribution is 0.460. The van der Waals surface area contributed by atoms with E-state index in [0.717, 1.165) is 0 Å². The van der Waals surface area contributed by atoms with E-state index >= 15 is 0 Å². The first-order valence-electron chi connectivity index (χ1n) is 10.8. The zero-order chi connectivity index (χ0) is 17.0. The summed E-state index contributed by atoms with van der Waals surface area (Å²) in [6.45, 7) is 4.59. The monoisotopic (exact) mass is 324 g/mol. The summed E-state index contributed by atoms with van der Waals surface area (Å²) in [6, 6.07) is 0. The van der Waals surface area contributed by atoms with E-state index in [-0.39, 0.29) is 0 Å². The van der Waals surface area contributed by atoms with Crippen molar-refractivity contribution in [2.45, 2.75) is 122 Å². The van der Waals surface area contributed by atoms with Gasteiger partial charge in [-0.3, -0.25) is 0 Å². The van der Waals surface area contributed by atoms with Crippen LogP contribution in [0.3, 0.4) is 0 Å². The van der Waals surface area contributed by atoms with Crippen molar-refractivity contribution in [3.05, 3.63) is 6.54 Å². The molecular weight excluding hydrogens is 278 g/mol. The molecule has 0 unspecified atom stereocenters. The molecule has 0 saturated heterocycles. The summed E-state index contributed by atoms with van der Waals surface area (Å²) in [5, 5.41) is 0. The van der Waals surface area contributed by atoms with E-state index in [1.807, 2.05) is 0 Å². The predicted molar refractivity (Wildman–Crippen MR) is 107 cm³/mol. The van der Waals surface area contributed by atoms with Crippen molar-refractivity contribution < 1.29 is 0 Å². The molecule has 0 fully saturated rings. The number of hydrogen-bond donors (Lipinski definition) is 0. The summed E-state index contributed by atoms with van der Waals surface area (Å²) < 4.78 is 0. The quantitative estimate of drug-likeness (QED) is 0.219. The molecule has 0 N–H and O–H groups in total. The van der Waals surface area contributed by atoms with Crippen molar-refractivity contribution in [2.24, 2.45) is 0 Å². The lowest BCUT2D eigenvalue weighted by Gasteiger charge is -2.07. The van der Waals surface area contributed by atoms with E-state index in [1.165, 1.54) is 116 Å². The van der Waals surface area contributed by atoms with Gasteiger partial charge in [0, 0.05) is 6.54 Å². The summed E-state index contributed by atoms with van der Waals surface area (Å²) in [7, 11) is 4.24. The van der Waals surface area contributed by atoms with Crippen LogP contribution in [0.25, 0.3) is 0 Å². The highest BCUT2D eigenvalue weighted by atomic mass is 15.0. The van der Waals surface area contributed by atoms with Crippen LogP contribution in [0.1, 0.15) is 122 Å². The summed E-state index contributed by atoms with van der Waals surface area (Å²) in [4.78, 5) is 2.17. The number of rotatable bonds is 19. The highest BCUT2D eigenvalue weighted by Gasteiger charge is 1.95. The van der Waals surface area contributed by atoms with Gasteiger partial charge in [0.1, 0.15) is 0 Å². The largest absolute Gasteiger partial charge is 0.305 e. The van der Waals surface area contributed by atoms with Crippen molar-refractivity contribution >= 4 is 0 Å². The molecular formula is C22H46N. The van der Waals surface area contributed by atoms with Crippen molar-refractivity contribution in [3.63, 3.8) is 0 Å². The van der Waals surface area contributed by atoms with Gasteiger partial charge in [-0.1, -0.05) is 116 Å². The third kappa shape index (κ3) is 22.0. The Morgan fingerprint density at radius 1 is 0.478 bits per heavy atom. The highest BCUT2D eigenvalue weighted by molar-refractivity contribution is 4.60. The molecule has 0 atom stereocenters. The van der Waals surface area contributed by atoms with Gasteiger partial charge in [0.25, 0.3) is 0 Å². The van der Waals surface area contributed by atoms with Gasteiger partial charge in [0.2, 0.25) is 0 Å². The van der Waals surface area contributed by atoms with E-state index in [1.54, 1.807) is 0 Å². The fraction of sp³-hybridized carbons (Fsp3) is 0.955. The molecule has 0 saturated carbocycles. The fourth-order valence-electron chi connectivity index (χ4n) is 3.22. The van der Waals surface area contributed by atoms with E-state index in [9.17, 15) is 0 Å². The minimum absolute atomic E-state index is 1.26. The number of unbranched alkanes of at least 4 members (excludes halogenated alkanes) is 17. The Labute approximate surface area is 148 Å². The first-order chi connectivity index (χ1) is 11.3. The van der Waals surface area contributed by atoms with Crippen molar-refractivity contribution in [1.29, 1.82) is 0 Å². The van der Waals surface area contributed by atoms with Crippen LogP contribution in [0.5, 0.6) is 0 Å². The van der Waals surface area contributed by atoms with Crippen LogP contribution in [0.15, 0.2) is 0 Å². The van der Waals surface area contributed by atoms with Crippen LogP contribution < -0.4 is 0 Å². The maximum absolute atomic E-state index is 2.30. The summed E-state index contributed by atoms with van der Waals surface area (Å²) >= 11 is 0. The summed E-state index contributed by atoms with van der Waals surface area (Å²) in [5.41, 5.74) is 0. The van der Waals surface area contributed by atoms with Crippen LogP contribution in [-0.2, 0) is 0 Å². The smallest absolute Gasteiger partial charge is 0.0245 e. The van der Waals surface area contributed by atoms with E-state index in [0.29, 0.717) is 0 Å². The second kappa shape index (κ2) is 20.0. The molecule has 0 spiro atoms. The van der Waals surface area contributed by atoms with E-state index < -0.39 is 0 Å². The molecule has 0 bridgehead atoms. The maximum Gasteiger partial charge on any atom is 0.0245 e. The SMILES string of the molecule is CCCCCCCCCCCCCCCCCCC[CH]N(C)C. The molecule has 0 amide bonds. The Morgan fingerprint density at radius 2 is 0.783 bits per heavy atom. The van der Waals surface area contributed by atoms with Crippen LogP contribution in [-0.4, -0.2) is 19.0 Å². The molecule has 1 heteroatoms.